The highest BCUT2D eigenvalue weighted by Crippen LogP contribution is 2.30. The Morgan fingerprint density at radius 3 is 3.00 bits per heavy atom. The van der Waals surface area contributed by atoms with Crippen LogP contribution < -0.4 is 5.32 Å². The fourth-order valence-corrected chi connectivity index (χ4v) is 3.94. The average Bonchev–Trinajstić information content (AvgIpc) is 3.20. The summed E-state index contributed by atoms with van der Waals surface area (Å²) in [6.45, 7) is 7.43. The van der Waals surface area contributed by atoms with Crippen molar-refractivity contribution in [3.8, 4) is 0 Å². The summed E-state index contributed by atoms with van der Waals surface area (Å²) in [6, 6.07) is 6.20. The molecule has 2 aliphatic rings. The molecule has 1 aliphatic heterocycles. The molecule has 4 rings (SSSR count). The van der Waals surface area contributed by atoms with Gasteiger partial charge in [0.05, 0.1) is 0 Å². The van der Waals surface area contributed by atoms with E-state index in [-0.39, 0.29) is 5.91 Å². The van der Waals surface area contributed by atoms with Gasteiger partial charge in [-0.25, -0.2) is 0 Å². The molecule has 0 saturated carbocycles. The summed E-state index contributed by atoms with van der Waals surface area (Å²) >= 11 is 0. The monoisotopic (exact) mass is 324 g/mol. The molecule has 0 bridgehead atoms. The first-order valence-corrected chi connectivity index (χ1v) is 8.82. The van der Waals surface area contributed by atoms with E-state index in [1.54, 1.807) is 0 Å². The van der Waals surface area contributed by atoms with E-state index in [0.29, 0.717) is 11.6 Å². The highest BCUT2D eigenvalue weighted by molar-refractivity contribution is 6.04. The maximum absolute atomic E-state index is 12.7. The zero-order valence-electron chi connectivity index (χ0n) is 14.4. The van der Waals surface area contributed by atoms with Crippen LogP contribution in [0.3, 0.4) is 0 Å². The lowest BCUT2D eigenvalue weighted by atomic mass is 10.1. The number of amides is 1. The van der Waals surface area contributed by atoms with Gasteiger partial charge in [-0.1, -0.05) is 26.0 Å². The molecule has 0 unspecified atom stereocenters. The Balaban J connectivity index is 1.54. The number of hydrogen-bond acceptors (Lipinski definition) is 3. The number of carbonyl (C=O) groups is 1. The Bertz CT molecular complexity index is 778. The molecule has 0 saturated heterocycles. The molecular formula is C19H24N4O. The Morgan fingerprint density at radius 2 is 2.17 bits per heavy atom. The van der Waals surface area contributed by atoms with Crippen molar-refractivity contribution in [3.05, 3.63) is 46.3 Å². The lowest BCUT2D eigenvalue weighted by molar-refractivity contribution is 0.102. The number of aromatic nitrogens is 2. The molecule has 126 valence electrons. The molecule has 5 heteroatoms. The van der Waals surface area contributed by atoms with E-state index in [2.05, 4.69) is 40.3 Å². The summed E-state index contributed by atoms with van der Waals surface area (Å²) in [4.78, 5) is 15.1. The number of aryl methyl sites for hydroxylation is 1. The van der Waals surface area contributed by atoms with Gasteiger partial charge in [0.15, 0.2) is 5.69 Å². The number of benzene rings is 1. The minimum absolute atomic E-state index is 0.0925. The molecular weight excluding hydrogens is 300 g/mol. The van der Waals surface area contributed by atoms with Gasteiger partial charge >= 0.3 is 0 Å². The smallest absolute Gasteiger partial charge is 0.276 e. The number of aromatic amines is 1. The van der Waals surface area contributed by atoms with E-state index < -0.39 is 0 Å². The third-order valence-electron chi connectivity index (χ3n) is 4.94. The van der Waals surface area contributed by atoms with Crippen molar-refractivity contribution >= 4 is 11.6 Å². The Labute approximate surface area is 142 Å². The van der Waals surface area contributed by atoms with Crippen molar-refractivity contribution in [2.24, 2.45) is 5.92 Å². The Hall–Kier alpha value is -2.14. The van der Waals surface area contributed by atoms with Crippen LogP contribution in [0.1, 0.15) is 53.1 Å². The lowest BCUT2D eigenvalue weighted by Gasteiger charge is -2.17. The van der Waals surface area contributed by atoms with Gasteiger partial charge in [0.25, 0.3) is 5.91 Å². The van der Waals surface area contributed by atoms with Gasteiger partial charge < -0.3 is 5.32 Å². The van der Waals surface area contributed by atoms with Crippen molar-refractivity contribution in [1.29, 1.82) is 0 Å². The van der Waals surface area contributed by atoms with Crippen LogP contribution in [-0.4, -0.2) is 27.5 Å². The van der Waals surface area contributed by atoms with Crippen molar-refractivity contribution in [3.63, 3.8) is 0 Å². The van der Waals surface area contributed by atoms with Crippen molar-refractivity contribution in [2.75, 3.05) is 11.9 Å². The standard InChI is InChI=1S/C19H24N4O/c1-12(2)9-23-10-13-5-3-7-16(15(13)11-23)20-19(24)18-14-6-4-8-17(14)21-22-18/h3,5,7,12H,4,6,8-11H2,1-2H3,(H,20,24)(H,21,22). The molecule has 0 fully saturated rings. The minimum atomic E-state index is -0.0925. The van der Waals surface area contributed by atoms with Gasteiger partial charge in [-0.2, -0.15) is 5.10 Å². The van der Waals surface area contributed by atoms with Crippen molar-refractivity contribution < 1.29 is 4.79 Å². The van der Waals surface area contributed by atoms with Gasteiger partial charge in [-0.15, -0.1) is 0 Å². The summed E-state index contributed by atoms with van der Waals surface area (Å²) in [6.07, 6.45) is 3.05. The van der Waals surface area contributed by atoms with E-state index in [4.69, 9.17) is 0 Å². The predicted octanol–water partition coefficient (Wildman–Crippen LogP) is 3.12. The summed E-state index contributed by atoms with van der Waals surface area (Å²) in [7, 11) is 0. The van der Waals surface area contributed by atoms with Crippen LogP contribution >= 0.6 is 0 Å². The lowest BCUT2D eigenvalue weighted by Crippen LogP contribution is -2.21. The highest BCUT2D eigenvalue weighted by Gasteiger charge is 2.26. The van der Waals surface area contributed by atoms with E-state index >= 15 is 0 Å². The number of fused-ring (bicyclic) bond motifs is 2. The van der Waals surface area contributed by atoms with E-state index in [1.165, 1.54) is 11.1 Å². The number of nitrogens with one attached hydrogen (secondary N) is 2. The molecule has 2 N–H and O–H groups in total. The van der Waals surface area contributed by atoms with Crippen LogP contribution in [0.2, 0.25) is 0 Å². The number of anilines is 1. The first-order valence-electron chi connectivity index (χ1n) is 8.82. The number of hydrogen-bond donors (Lipinski definition) is 2. The fourth-order valence-electron chi connectivity index (χ4n) is 3.94. The molecule has 1 aliphatic carbocycles. The number of H-pyrrole nitrogens is 1. The van der Waals surface area contributed by atoms with Crippen LogP contribution in [-0.2, 0) is 25.9 Å². The fraction of sp³-hybridized carbons (Fsp3) is 0.474. The Morgan fingerprint density at radius 1 is 1.29 bits per heavy atom. The van der Waals surface area contributed by atoms with Gasteiger partial charge in [0.2, 0.25) is 0 Å². The second-order valence-electron chi connectivity index (χ2n) is 7.34. The quantitative estimate of drug-likeness (QED) is 0.908. The van der Waals surface area contributed by atoms with Crippen LogP contribution in [0, 0.1) is 5.92 Å². The maximum atomic E-state index is 12.7. The van der Waals surface area contributed by atoms with Gasteiger partial charge in [-0.05, 0) is 42.4 Å². The molecule has 24 heavy (non-hydrogen) atoms. The summed E-state index contributed by atoms with van der Waals surface area (Å²) in [5.74, 6) is 0.550. The second-order valence-corrected chi connectivity index (χ2v) is 7.34. The average molecular weight is 324 g/mol. The topological polar surface area (TPSA) is 61.0 Å². The zero-order chi connectivity index (χ0) is 16.7. The number of rotatable bonds is 4. The van der Waals surface area contributed by atoms with Gasteiger partial charge in [0.1, 0.15) is 0 Å². The van der Waals surface area contributed by atoms with Crippen LogP contribution in [0.5, 0.6) is 0 Å². The zero-order valence-corrected chi connectivity index (χ0v) is 14.4. The minimum Gasteiger partial charge on any atom is -0.320 e. The molecule has 2 heterocycles. The van der Waals surface area contributed by atoms with E-state index in [1.807, 2.05) is 12.1 Å². The van der Waals surface area contributed by atoms with Crippen molar-refractivity contribution in [1.82, 2.24) is 15.1 Å². The molecule has 0 radical (unpaired) electrons. The molecule has 0 atom stereocenters. The molecule has 1 aromatic carbocycles. The third-order valence-corrected chi connectivity index (χ3v) is 4.94. The van der Waals surface area contributed by atoms with Crippen LogP contribution in [0.15, 0.2) is 18.2 Å². The number of carbonyl (C=O) groups excluding carboxylic acids is 1. The normalized spacial score (nSPS) is 16.5. The first-order chi connectivity index (χ1) is 11.6. The third kappa shape index (κ3) is 2.73. The second kappa shape index (κ2) is 6.06. The van der Waals surface area contributed by atoms with E-state index in [9.17, 15) is 4.79 Å². The number of nitrogens with zero attached hydrogens (tertiary/aromatic N) is 2. The van der Waals surface area contributed by atoms with Gasteiger partial charge in [-0.3, -0.25) is 14.8 Å². The van der Waals surface area contributed by atoms with Gasteiger partial charge in [0, 0.05) is 36.6 Å². The van der Waals surface area contributed by atoms with Crippen LogP contribution in [0.25, 0.3) is 0 Å². The molecule has 1 amide bonds. The summed E-state index contributed by atoms with van der Waals surface area (Å²) < 4.78 is 0. The molecule has 5 nitrogen and oxygen atoms in total. The first kappa shape index (κ1) is 15.4. The molecule has 2 aromatic rings. The predicted molar refractivity (Wildman–Crippen MR) is 94.0 cm³/mol. The molecule has 0 spiro atoms. The Kier molecular flexibility index (Phi) is 3.88. The SMILES string of the molecule is CC(C)CN1Cc2cccc(NC(=O)c3n[nH]c4c3CCC4)c2C1. The largest absolute Gasteiger partial charge is 0.320 e. The van der Waals surface area contributed by atoms with Crippen molar-refractivity contribution in [2.45, 2.75) is 46.2 Å². The van der Waals surface area contributed by atoms with Crippen LogP contribution in [0.4, 0.5) is 5.69 Å². The summed E-state index contributed by atoms with van der Waals surface area (Å²) in [5, 5.41) is 10.3. The summed E-state index contributed by atoms with van der Waals surface area (Å²) in [5.41, 5.74) is 6.29. The highest BCUT2D eigenvalue weighted by atomic mass is 16.1. The molecule has 1 aromatic heterocycles. The maximum Gasteiger partial charge on any atom is 0.276 e. The van der Waals surface area contributed by atoms with E-state index in [0.717, 1.165) is 55.8 Å².